The third-order valence-corrected chi connectivity index (χ3v) is 3.37. The van der Waals surface area contributed by atoms with Crippen molar-refractivity contribution in [3.05, 3.63) is 23.8 Å². The molecule has 0 aliphatic carbocycles. The van der Waals surface area contributed by atoms with Gasteiger partial charge in [-0.25, -0.2) is 0 Å². The maximum absolute atomic E-state index is 8.67. The third kappa shape index (κ3) is 4.16. The summed E-state index contributed by atoms with van der Waals surface area (Å²) < 4.78 is 0. The summed E-state index contributed by atoms with van der Waals surface area (Å²) in [4.78, 5) is 1.21. The lowest BCUT2D eigenvalue weighted by molar-refractivity contribution is 0.632. The monoisotopic (exact) mass is 234 g/mol. The van der Waals surface area contributed by atoms with Crippen molar-refractivity contribution in [3.63, 3.8) is 0 Å². The number of nitrogens with two attached hydrogens (primary N) is 1. The Kier molecular flexibility index (Phi) is 5.21. The first kappa shape index (κ1) is 12.9. The second-order valence-electron chi connectivity index (χ2n) is 4.23. The summed E-state index contributed by atoms with van der Waals surface area (Å²) in [6.07, 6.45) is 1.60. The van der Waals surface area contributed by atoms with Crippen LogP contribution in [0, 0.1) is 17.2 Å². The SMILES string of the molecule is CC(C)CCSc1ccc(N)c(CC#N)c1. The van der Waals surface area contributed by atoms with Crippen LogP contribution >= 0.6 is 11.8 Å². The van der Waals surface area contributed by atoms with Gasteiger partial charge in [-0.3, -0.25) is 0 Å². The summed E-state index contributed by atoms with van der Waals surface area (Å²) in [6.45, 7) is 4.45. The standard InChI is InChI=1S/C13H18N2S/c1-10(2)6-8-16-12-3-4-13(15)11(9-12)5-7-14/h3-4,9-10H,5-6,8,15H2,1-2H3. The zero-order valence-electron chi connectivity index (χ0n) is 9.86. The largest absolute Gasteiger partial charge is 0.398 e. The highest BCUT2D eigenvalue weighted by atomic mass is 32.2. The summed E-state index contributed by atoms with van der Waals surface area (Å²) in [6, 6.07) is 8.09. The summed E-state index contributed by atoms with van der Waals surface area (Å²) in [5.41, 5.74) is 7.45. The Morgan fingerprint density at radius 2 is 2.19 bits per heavy atom. The predicted octanol–water partition coefficient (Wildman–Crippen LogP) is 3.47. The Labute approximate surface area is 102 Å². The van der Waals surface area contributed by atoms with E-state index in [1.165, 1.54) is 11.3 Å². The fraction of sp³-hybridized carbons (Fsp3) is 0.462. The van der Waals surface area contributed by atoms with Crippen LogP contribution in [0.15, 0.2) is 23.1 Å². The van der Waals surface area contributed by atoms with E-state index < -0.39 is 0 Å². The van der Waals surface area contributed by atoms with Crippen LogP contribution in [0.1, 0.15) is 25.8 Å². The summed E-state index contributed by atoms with van der Waals surface area (Å²) >= 11 is 1.83. The van der Waals surface area contributed by atoms with E-state index in [0.717, 1.165) is 22.9 Å². The molecule has 0 saturated heterocycles. The van der Waals surface area contributed by atoms with Crippen molar-refractivity contribution in [1.29, 1.82) is 5.26 Å². The number of nitrogen functional groups attached to an aromatic ring is 1. The molecule has 0 bridgehead atoms. The number of thioether (sulfide) groups is 1. The molecule has 16 heavy (non-hydrogen) atoms. The maximum atomic E-state index is 8.67. The van der Waals surface area contributed by atoms with E-state index in [4.69, 9.17) is 11.0 Å². The van der Waals surface area contributed by atoms with Gasteiger partial charge in [0.1, 0.15) is 0 Å². The van der Waals surface area contributed by atoms with Gasteiger partial charge >= 0.3 is 0 Å². The van der Waals surface area contributed by atoms with Crippen LogP contribution in [0.2, 0.25) is 0 Å². The smallest absolute Gasteiger partial charge is 0.0670 e. The quantitative estimate of drug-likeness (QED) is 0.627. The average molecular weight is 234 g/mol. The van der Waals surface area contributed by atoms with E-state index in [1.54, 1.807) is 0 Å². The highest BCUT2D eigenvalue weighted by molar-refractivity contribution is 7.99. The number of rotatable bonds is 5. The van der Waals surface area contributed by atoms with Crippen molar-refractivity contribution in [2.45, 2.75) is 31.6 Å². The predicted molar refractivity (Wildman–Crippen MR) is 70.4 cm³/mol. The van der Waals surface area contributed by atoms with Crippen LogP contribution < -0.4 is 5.73 Å². The van der Waals surface area contributed by atoms with Gasteiger partial charge in [-0.05, 0) is 41.9 Å². The molecule has 0 fully saturated rings. The number of nitriles is 1. The Morgan fingerprint density at radius 3 is 2.81 bits per heavy atom. The first-order chi connectivity index (χ1) is 7.63. The molecule has 1 rings (SSSR count). The molecule has 1 aromatic carbocycles. The lowest BCUT2D eigenvalue weighted by Crippen LogP contribution is -1.94. The van der Waals surface area contributed by atoms with Gasteiger partial charge in [0.15, 0.2) is 0 Å². The van der Waals surface area contributed by atoms with Gasteiger partial charge in [0.2, 0.25) is 0 Å². The fourth-order valence-electron chi connectivity index (χ4n) is 1.32. The van der Waals surface area contributed by atoms with Crippen molar-refractivity contribution in [1.82, 2.24) is 0 Å². The van der Waals surface area contributed by atoms with E-state index in [2.05, 4.69) is 19.9 Å². The van der Waals surface area contributed by atoms with E-state index >= 15 is 0 Å². The first-order valence-electron chi connectivity index (χ1n) is 5.51. The van der Waals surface area contributed by atoms with Gasteiger partial charge in [-0.15, -0.1) is 11.8 Å². The van der Waals surface area contributed by atoms with E-state index in [0.29, 0.717) is 6.42 Å². The molecule has 0 radical (unpaired) electrons. The average Bonchev–Trinajstić information content (AvgIpc) is 2.22. The van der Waals surface area contributed by atoms with Gasteiger partial charge in [-0.1, -0.05) is 13.8 Å². The molecule has 2 N–H and O–H groups in total. The highest BCUT2D eigenvalue weighted by Crippen LogP contribution is 2.24. The molecule has 0 amide bonds. The molecule has 3 heteroatoms. The van der Waals surface area contributed by atoms with Crippen molar-refractivity contribution >= 4 is 17.4 Å². The number of nitrogens with zero attached hydrogens (tertiary/aromatic N) is 1. The fourth-order valence-corrected chi connectivity index (χ4v) is 2.54. The molecule has 2 nitrogen and oxygen atoms in total. The van der Waals surface area contributed by atoms with Gasteiger partial charge in [0, 0.05) is 10.6 Å². The van der Waals surface area contributed by atoms with E-state index in [1.807, 2.05) is 30.0 Å². The van der Waals surface area contributed by atoms with E-state index in [9.17, 15) is 0 Å². The number of hydrogen-bond donors (Lipinski definition) is 1. The lowest BCUT2D eigenvalue weighted by Gasteiger charge is -2.07. The van der Waals surface area contributed by atoms with Gasteiger partial charge < -0.3 is 5.73 Å². The van der Waals surface area contributed by atoms with Gasteiger partial charge in [0.05, 0.1) is 12.5 Å². The molecule has 0 aromatic heterocycles. The van der Waals surface area contributed by atoms with Gasteiger partial charge in [-0.2, -0.15) is 5.26 Å². The topological polar surface area (TPSA) is 49.8 Å². The molecular weight excluding hydrogens is 216 g/mol. The lowest BCUT2D eigenvalue weighted by atomic mass is 10.1. The van der Waals surface area contributed by atoms with Crippen LogP contribution in [0.4, 0.5) is 5.69 Å². The molecule has 1 aromatic rings. The summed E-state index contributed by atoms with van der Waals surface area (Å²) in [7, 11) is 0. The summed E-state index contributed by atoms with van der Waals surface area (Å²) in [5.74, 6) is 1.85. The molecule has 0 aliphatic heterocycles. The minimum absolute atomic E-state index is 0.393. The molecule has 86 valence electrons. The Hall–Kier alpha value is -1.14. The maximum Gasteiger partial charge on any atom is 0.0670 e. The highest BCUT2D eigenvalue weighted by Gasteiger charge is 2.02. The second-order valence-corrected chi connectivity index (χ2v) is 5.39. The molecule has 0 spiro atoms. The van der Waals surface area contributed by atoms with Crippen LogP contribution in [0.5, 0.6) is 0 Å². The molecule has 0 aliphatic rings. The molecule has 0 atom stereocenters. The van der Waals surface area contributed by atoms with Gasteiger partial charge in [0.25, 0.3) is 0 Å². The molecular formula is C13H18N2S. The zero-order valence-corrected chi connectivity index (χ0v) is 10.7. The van der Waals surface area contributed by atoms with Crippen molar-refractivity contribution in [2.24, 2.45) is 5.92 Å². The number of benzene rings is 1. The Bertz CT molecular complexity index is 380. The number of hydrogen-bond acceptors (Lipinski definition) is 3. The van der Waals surface area contributed by atoms with Crippen LogP contribution in [0.3, 0.4) is 0 Å². The summed E-state index contributed by atoms with van der Waals surface area (Å²) in [5, 5.41) is 8.67. The zero-order chi connectivity index (χ0) is 12.0. The number of anilines is 1. The molecule has 0 heterocycles. The van der Waals surface area contributed by atoms with E-state index in [-0.39, 0.29) is 0 Å². The van der Waals surface area contributed by atoms with Crippen molar-refractivity contribution in [3.8, 4) is 6.07 Å². The first-order valence-corrected chi connectivity index (χ1v) is 6.50. The van der Waals surface area contributed by atoms with Crippen LogP contribution in [-0.4, -0.2) is 5.75 Å². The molecule has 0 unspecified atom stereocenters. The molecule has 0 saturated carbocycles. The second kappa shape index (κ2) is 6.44. The minimum atomic E-state index is 0.393. The minimum Gasteiger partial charge on any atom is -0.398 e. The Balaban J connectivity index is 2.61. The normalized spacial score (nSPS) is 10.4. The van der Waals surface area contributed by atoms with Crippen molar-refractivity contribution < 1.29 is 0 Å². The van der Waals surface area contributed by atoms with Crippen molar-refractivity contribution in [2.75, 3.05) is 11.5 Å². The third-order valence-electron chi connectivity index (χ3n) is 2.35. The van der Waals surface area contributed by atoms with Crippen LogP contribution in [-0.2, 0) is 6.42 Å². The Morgan fingerprint density at radius 1 is 1.44 bits per heavy atom. The van der Waals surface area contributed by atoms with Crippen LogP contribution in [0.25, 0.3) is 0 Å².